The van der Waals surface area contributed by atoms with Gasteiger partial charge in [0.25, 0.3) is 8.53 Å². The number of carbonyl (C=O) groups excluding carboxylic acids is 2. The quantitative estimate of drug-likeness (QED) is 0.281. The molecule has 0 saturated heterocycles. The Morgan fingerprint density at radius 1 is 1.34 bits per heavy atom. The van der Waals surface area contributed by atoms with Crippen molar-refractivity contribution < 1.29 is 28.1 Å². The molecular formula is C16H27N6O6P. The summed E-state index contributed by atoms with van der Waals surface area (Å²) in [6.07, 6.45) is 1.40. The van der Waals surface area contributed by atoms with Gasteiger partial charge in [0.05, 0.1) is 33.0 Å². The molecule has 162 valence electrons. The van der Waals surface area contributed by atoms with Gasteiger partial charge < -0.3 is 44.1 Å². The zero-order valence-corrected chi connectivity index (χ0v) is 17.6. The molecule has 0 aliphatic carbocycles. The minimum Gasteiger partial charge on any atom is -0.479 e. The fourth-order valence-electron chi connectivity index (χ4n) is 2.59. The second kappa shape index (κ2) is 11.8. The first-order valence-corrected chi connectivity index (χ1v) is 10.3. The van der Waals surface area contributed by atoms with Crippen LogP contribution in [0.3, 0.4) is 0 Å². The van der Waals surface area contributed by atoms with Crippen LogP contribution in [0.4, 0.5) is 17.5 Å². The van der Waals surface area contributed by atoms with Gasteiger partial charge in [-0.25, -0.2) is 5.09 Å². The molecule has 0 radical (unpaired) electrons. The minimum absolute atomic E-state index is 0.0673. The van der Waals surface area contributed by atoms with Gasteiger partial charge in [-0.2, -0.15) is 9.97 Å². The number of hydrogen-bond acceptors (Lipinski definition) is 12. The van der Waals surface area contributed by atoms with Gasteiger partial charge in [0.15, 0.2) is 5.82 Å². The topological polar surface area (TPSA) is 150 Å². The number of nitrogens with one attached hydrogen (secondary N) is 2. The molecule has 0 bridgehead atoms. The molecule has 0 fully saturated rings. The van der Waals surface area contributed by atoms with E-state index >= 15 is 0 Å². The molecule has 0 saturated carbocycles. The van der Waals surface area contributed by atoms with Crippen molar-refractivity contribution in [2.75, 3.05) is 49.5 Å². The fourth-order valence-corrected chi connectivity index (χ4v) is 3.57. The third-order valence-electron chi connectivity index (χ3n) is 3.99. The molecule has 29 heavy (non-hydrogen) atoms. The van der Waals surface area contributed by atoms with Crippen molar-refractivity contribution in [3.63, 3.8) is 0 Å². The molecule has 0 spiro atoms. The molecule has 4 N–H and O–H groups in total. The van der Waals surface area contributed by atoms with Crippen molar-refractivity contribution in [3.05, 3.63) is 0 Å². The van der Waals surface area contributed by atoms with Crippen LogP contribution in [0, 0.1) is 0 Å². The molecule has 1 aromatic heterocycles. The Hall–Kier alpha value is -2.11. The Kier molecular flexibility index (Phi) is 9.42. The van der Waals surface area contributed by atoms with E-state index in [9.17, 15) is 9.59 Å². The molecular weight excluding hydrogens is 403 g/mol. The molecule has 1 aromatic rings. The summed E-state index contributed by atoms with van der Waals surface area (Å²) in [5.41, 5.74) is 6.43. The Labute approximate surface area is 170 Å². The van der Waals surface area contributed by atoms with Crippen LogP contribution in [0.2, 0.25) is 0 Å². The maximum Gasteiger partial charge on any atom is 0.256 e. The van der Waals surface area contributed by atoms with Crippen molar-refractivity contribution in [1.82, 2.24) is 15.1 Å². The summed E-state index contributed by atoms with van der Waals surface area (Å²) in [5.74, 6) is 1.08. The fraction of sp³-hybridized carbons (Fsp3) is 0.625. The number of aromatic nitrogens is 2. The van der Waals surface area contributed by atoms with Gasteiger partial charge >= 0.3 is 0 Å². The van der Waals surface area contributed by atoms with Crippen LogP contribution in [-0.2, 0) is 23.4 Å². The number of rotatable bonds is 14. The van der Waals surface area contributed by atoms with E-state index in [0.717, 1.165) is 0 Å². The van der Waals surface area contributed by atoms with E-state index in [2.05, 4.69) is 20.4 Å². The summed E-state index contributed by atoms with van der Waals surface area (Å²) < 4.78 is 22.3. The van der Waals surface area contributed by atoms with Gasteiger partial charge in [0, 0.05) is 0 Å². The highest BCUT2D eigenvalue weighted by atomic mass is 31.2. The van der Waals surface area contributed by atoms with Crippen LogP contribution < -0.4 is 25.8 Å². The number of nitrogens with zero attached hydrogens (tertiary/aromatic N) is 3. The number of nitrogens with two attached hydrogens (primary N) is 1. The number of hydrogen-bond donors (Lipinski definition) is 3. The smallest absolute Gasteiger partial charge is 0.256 e. The van der Waals surface area contributed by atoms with Gasteiger partial charge in [0.1, 0.15) is 31.1 Å². The highest BCUT2D eigenvalue weighted by Crippen LogP contribution is 2.38. The van der Waals surface area contributed by atoms with Gasteiger partial charge in [-0.3, -0.25) is 0 Å². The summed E-state index contributed by atoms with van der Waals surface area (Å²) in [7, 11) is -0.0570. The van der Waals surface area contributed by atoms with Crippen LogP contribution in [0.1, 0.15) is 20.3 Å². The molecule has 2 heterocycles. The highest BCUT2D eigenvalue weighted by Gasteiger charge is 2.30. The zero-order valence-electron chi connectivity index (χ0n) is 16.7. The van der Waals surface area contributed by atoms with E-state index in [1.54, 1.807) is 0 Å². The van der Waals surface area contributed by atoms with Crippen molar-refractivity contribution in [3.8, 4) is 5.88 Å². The Balaban J connectivity index is 1.96. The van der Waals surface area contributed by atoms with Crippen LogP contribution in [-0.4, -0.2) is 68.4 Å². The van der Waals surface area contributed by atoms with Crippen LogP contribution in [0.5, 0.6) is 5.88 Å². The summed E-state index contributed by atoms with van der Waals surface area (Å²) >= 11 is 0. The molecule has 1 aliphatic heterocycles. The molecule has 12 nitrogen and oxygen atoms in total. The maximum absolute atomic E-state index is 10.5. The van der Waals surface area contributed by atoms with E-state index in [1.807, 2.05) is 18.7 Å². The monoisotopic (exact) mass is 430 g/mol. The predicted octanol–water partition coefficient (Wildman–Crippen LogP) is 0.646. The molecule has 0 amide bonds. The standard InChI is InChI=1S/C16H27N6O6P/c1-4-12(9-27-29(19-5-6-23)26-8-7-24)28-11(2)22-10-18-13-14(22)20-16(17)21-15(13)25-3/h6-7,11-12,18-19H,4-5,8-10H2,1-3H3,(H2,17,20,21). The molecule has 3 unspecified atom stereocenters. The van der Waals surface area contributed by atoms with Gasteiger partial charge in [-0.1, -0.05) is 6.92 Å². The second-order valence-electron chi connectivity index (χ2n) is 5.90. The average Bonchev–Trinajstić information content (AvgIpc) is 3.15. The minimum atomic E-state index is -1.57. The summed E-state index contributed by atoms with van der Waals surface area (Å²) in [6, 6.07) is 0. The largest absolute Gasteiger partial charge is 0.479 e. The SMILES string of the molecule is CCC(COP(NCC=O)OCC=O)OC(C)N1CNc2c(OC)nc(N)nc21. The van der Waals surface area contributed by atoms with E-state index in [0.29, 0.717) is 43.0 Å². The molecule has 2 rings (SSSR count). The second-order valence-corrected chi connectivity index (χ2v) is 7.25. The zero-order chi connectivity index (χ0) is 21.2. The number of fused-ring (bicyclic) bond motifs is 1. The van der Waals surface area contributed by atoms with Gasteiger partial charge in [0.2, 0.25) is 11.8 Å². The first-order chi connectivity index (χ1) is 14.0. The van der Waals surface area contributed by atoms with Gasteiger partial charge in [-0.05, 0) is 13.3 Å². The lowest BCUT2D eigenvalue weighted by atomic mass is 10.3. The van der Waals surface area contributed by atoms with Crippen molar-refractivity contribution in [2.45, 2.75) is 32.6 Å². The lowest BCUT2D eigenvalue weighted by Gasteiger charge is -2.29. The summed E-state index contributed by atoms with van der Waals surface area (Å²) in [4.78, 5) is 31.3. The van der Waals surface area contributed by atoms with Crippen LogP contribution in [0.25, 0.3) is 0 Å². The first-order valence-electron chi connectivity index (χ1n) is 9.08. The number of carbonyl (C=O) groups is 2. The molecule has 3 atom stereocenters. The third kappa shape index (κ3) is 6.44. The number of anilines is 3. The van der Waals surface area contributed by atoms with E-state index in [-0.39, 0.29) is 38.0 Å². The van der Waals surface area contributed by atoms with Gasteiger partial charge in [-0.15, -0.1) is 0 Å². The normalized spacial score (nSPS) is 15.9. The van der Waals surface area contributed by atoms with Crippen LogP contribution >= 0.6 is 8.53 Å². The summed E-state index contributed by atoms with van der Waals surface area (Å²) in [6.45, 7) is 4.48. The molecule has 0 aromatic carbocycles. The molecule has 13 heteroatoms. The lowest BCUT2D eigenvalue weighted by molar-refractivity contribution is -0.109. The predicted molar refractivity (Wildman–Crippen MR) is 108 cm³/mol. The average molecular weight is 430 g/mol. The van der Waals surface area contributed by atoms with Crippen molar-refractivity contribution in [2.24, 2.45) is 0 Å². The first kappa shape index (κ1) is 23.2. The van der Waals surface area contributed by atoms with E-state index < -0.39 is 8.53 Å². The Bertz CT molecular complexity index is 672. The number of nitrogen functional groups attached to an aromatic ring is 1. The number of ether oxygens (including phenoxy) is 2. The number of methoxy groups -OCH3 is 1. The third-order valence-corrected chi connectivity index (χ3v) is 5.20. The maximum atomic E-state index is 10.5. The summed E-state index contributed by atoms with van der Waals surface area (Å²) in [5, 5.41) is 5.98. The van der Waals surface area contributed by atoms with Crippen molar-refractivity contribution in [1.29, 1.82) is 0 Å². The van der Waals surface area contributed by atoms with E-state index in [1.165, 1.54) is 7.11 Å². The van der Waals surface area contributed by atoms with Crippen molar-refractivity contribution >= 4 is 38.6 Å². The highest BCUT2D eigenvalue weighted by molar-refractivity contribution is 7.45. The number of aldehydes is 2. The molecule has 1 aliphatic rings. The lowest BCUT2D eigenvalue weighted by Crippen LogP contribution is -2.39. The van der Waals surface area contributed by atoms with E-state index in [4.69, 9.17) is 24.3 Å². The van der Waals surface area contributed by atoms with Crippen LogP contribution in [0.15, 0.2) is 0 Å². The Morgan fingerprint density at radius 2 is 2.14 bits per heavy atom. The Morgan fingerprint density at radius 3 is 2.79 bits per heavy atom.